The SMILES string of the molecule is COc1cccc(Sc2n[nH]c(=O)n2C2CC2)c1[C@H](C)O. The van der Waals surface area contributed by atoms with Crippen LogP contribution in [0.4, 0.5) is 0 Å². The van der Waals surface area contributed by atoms with Crippen molar-refractivity contribution in [2.24, 2.45) is 0 Å². The highest BCUT2D eigenvalue weighted by Crippen LogP contribution is 2.41. The quantitative estimate of drug-likeness (QED) is 0.884. The Kier molecular flexibility index (Phi) is 3.77. The molecule has 112 valence electrons. The molecule has 0 unspecified atom stereocenters. The van der Waals surface area contributed by atoms with Crippen molar-refractivity contribution in [1.82, 2.24) is 14.8 Å². The lowest BCUT2D eigenvalue weighted by molar-refractivity contribution is 0.191. The number of nitrogens with one attached hydrogen (secondary N) is 1. The molecule has 6 nitrogen and oxygen atoms in total. The van der Waals surface area contributed by atoms with E-state index in [1.807, 2.05) is 18.2 Å². The summed E-state index contributed by atoms with van der Waals surface area (Å²) in [6, 6.07) is 5.81. The van der Waals surface area contributed by atoms with E-state index in [1.54, 1.807) is 18.6 Å². The maximum Gasteiger partial charge on any atom is 0.344 e. The van der Waals surface area contributed by atoms with E-state index in [0.29, 0.717) is 16.5 Å². The molecule has 0 bridgehead atoms. The Bertz CT molecular complexity index is 704. The minimum Gasteiger partial charge on any atom is -0.496 e. The molecule has 1 saturated carbocycles. The highest BCUT2D eigenvalue weighted by atomic mass is 32.2. The molecule has 1 aromatic carbocycles. The van der Waals surface area contributed by atoms with E-state index in [4.69, 9.17) is 4.74 Å². The molecule has 1 aliphatic carbocycles. The molecule has 1 fully saturated rings. The first-order valence-corrected chi connectivity index (χ1v) is 7.63. The maximum absolute atomic E-state index is 11.8. The average molecular weight is 307 g/mol. The van der Waals surface area contributed by atoms with Gasteiger partial charge in [-0.05, 0) is 43.7 Å². The van der Waals surface area contributed by atoms with Crippen LogP contribution in [-0.4, -0.2) is 27.0 Å². The van der Waals surface area contributed by atoms with E-state index < -0.39 is 6.10 Å². The molecule has 3 rings (SSSR count). The largest absolute Gasteiger partial charge is 0.496 e. The standard InChI is InChI=1S/C14H17N3O3S/c1-8(18)12-10(20-2)4-3-5-11(12)21-14-16-15-13(19)17(14)9-6-7-9/h3-5,8-9,18H,6-7H2,1-2H3,(H,15,19)/t8-/m0/s1. The van der Waals surface area contributed by atoms with Crippen LogP contribution in [-0.2, 0) is 0 Å². The van der Waals surface area contributed by atoms with Gasteiger partial charge < -0.3 is 9.84 Å². The second-order valence-electron chi connectivity index (χ2n) is 5.06. The van der Waals surface area contributed by atoms with Crippen LogP contribution in [0.1, 0.15) is 37.5 Å². The molecular formula is C14H17N3O3S. The predicted octanol–water partition coefficient (Wildman–Crippen LogP) is 2.12. The fraction of sp³-hybridized carbons (Fsp3) is 0.429. The molecule has 1 heterocycles. The van der Waals surface area contributed by atoms with Gasteiger partial charge in [-0.3, -0.25) is 4.57 Å². The van der Waals surface area contributed by atoms with Crippen LogP contribution in [0.25, 0.3) is 0 Å². The summed E-state index contributed by atoms with van der Waals surface area (Å²) in [6.07, 6.45) is 1.35. The van der Waals surface area contributed by atoms with Crippen LogP contribution in [0.3, 0.4) is 0 Å². The van der Waals surface area contributed by atoms with Gasteiger partial charge in [0, 0.05) is 16.5 Å². The van der Waals surface area contributed by atoms with Crippen LogP contribution in [0, 0.1) is 0 Å². The van der Waals surface area contributed by atoms with E-state index >= 15 is 0 Å². The van der Waals surface area contributed by atoms with Crippen LogP contribution < -0.4 is 10.4 Å². The molecule has 0 radical (unpaired) electrons. The Hall–Kier alpha value is -1.73. The van der Waals surface area contributed by atoms with E-state index in [2.05, 4.69) is 10.2 Å². The van der Waals surface area contributed by atoms with Crippen LogP contribution in [0.2, 0.25) is 0 Å². The molecule has 7 heteroatoms. The van der Waals surface area contributed by atoms with E-state index in [1.165, 1.54) is 11.8 Å². The highest BCUT2D eigenvalue weighted by molar-refractivity contribution is 7.99. The molecular weight excluding hydrogens is 290 g/mol. The Morgan fingerprint density at radius 2 is 2.29 bits per heavy atom. The van der Waals surface area contributed by atoms with Crippen molar-refractivity contribution in [2.75, 3.05) is 7.11 Å². The Morgan fingerprint density at radius 3 is 2.90 bits per heavy atom. The normalized spacial score (nSPS) is 16.0. The fourth-order valence-electron chi connectivity index (χ4n) is 2.32. The first-order chi connectivity index (χ1) is 10.1. The van der Waals surface area contributed by atoms with Crippen LogP contribution in [0.5, 0.6) is 5.75 Å². The van der Waals surface area contributed by atoms with Crippen molar-refractivity contribution in [2.45, 2.75) is 42.0 Å². The van der Waals surface area contributed by atoms with Crippen molar-refractivity contribution >= 4 is 11.8 Å². The zero-order valence-corrected chi connectivity index (χ0v) is 12.7. The lowest BCUT2D eigenvalue weighted by atomic mass is 10.1. The number of aliphatic hydroxyl groups excluding tert-OH is 1. The summed E-state index contributed by atoms with van der Waals surface area (Å²) in [5.74, 6) is 0.630. The number of aromatic amines is 1. The fourth-order valence-corrected chi connectivity index (χ4v) is 3.46. The van der Waals surface area contributed by atoms with Crippen molar-refractivity contribution in [3.8, 4) is 5.75 Å². The Labute approximate surface area is 126 Å². The van der Waals surface area contributed by atoms with Gasteiger partial charge in [0.1, 0.15) is 5.75 Å². The van der Waals surface area contributed by atoms with Gasteiger partial charge in [-0.2, -0.15) is 0 Å². The molecule has 1 aliphatic rings. The number of hydrogen-bond donors (Lipinski definition) is 2. The lowest BCUT2D eigenvalue weighted by Gasteiger charge is -2.15. The molecule has 1 atom stereocenters. The summed E-state index contributed by atoms with van der Waals surface area (Å²) in [5, 5.41) is 17.2. The smallest absolute Gasteiger partial charge is 0.344 e. The molecule has 0 aliphatic heterocycles. The Morgan fingerprint density at radius 1 is 1.52 bits per heavy atom. The second kappa shape index (κ2) is 5.57. The monoisotopic (exact) mass is 307 g/mol. The number of nitrogens with zero attached hydrogens (tertiary/aromatic N) is 2. The van der Waals surface area contributed by atoms with Gasteiger partial charge in [0.05, 0.1) is 13.2 Å². The first kappa shape index (κ1) is 14.2. The molecule has 2 N–H and O–H groups in total. The topological polar surface area (TPSA) is 80.1 Å². The predicted molar refractivity (Wildman–Crippen MR) is 78.9 cm³/mol. The van der Waals surface area contributed by atoms with Gasteiger partial charge in [0.25, 0.3) is 0 Å². The lowest BCUT2D eigenvalue weighted by Crippen LogP contribution is -2.16. The van der Waals surface area contributed by atoms with E-state index in [9.17, 15) is 9.90 Å². The molecule has 0 amide bonds. The van der Waals surface area contributed by atoms with Gasteiger partial charge in [-0.25, -0.2) is 9.89 Å². The van der Waals surface area contributed by atoms with Gasteiger partial charge in [-0.1, -0.05) is 6.07 Å². The van der Waals surface area contributed by atoms with Crippen LogP contribution in [0.15, 0.2) is 33.0 Å². The average Bonchev–Trinajstić information content (AvgIpc) is 3.23. The first-order valence-electron chi connectivity index (χ1n) is 6.81. The number of ether oxygens (including phenoxy) is 1. The molecule has 21 heavy (non-hydrogen) atoms. The number of benzene rings is 1. The summed E-state index contributed by atoms with van der Waals surface area (Å²) >= 11 is 1.37. The number of methoxy groups -OCH3 is 1. The number of aromatic nitrogens is 3. The third-order valence-corrected chi connectivity index (χ3v) is 4.50. The van der Waals surface area contributed by atoms with Crippen molar-refractivity contribution in [1.29, 1.82) is 0 Å². The van der Waals surface area contributed by atoms with Gasteiger partial charge in [0.15, 0.2) is 5.16 Å². The number of hydrogen-bond acceptors (Lipinski definition) is 5. The third-order valence-electron chi connectivity index (χ3n) is 3.45. The van der Waals surface area contributed by atoms with Crippen LogP contribution >= 0.6 is 11.8 Å². The van der Waals surface area contributed by atoms with Gasteiger partial charge >= 0.3 is 5.69 Å². The number of H-pyrrole nitrogens is 1. The number of aliphatic hydroxyl groups is 1. The zero-order chi connectivity index (χ0) is 15.0. The van der Waals surface area contributed by atoms with E-state index in [-0.39, 0.29) is 11.7 Å². The zero-order valence-electron chi connectivity index (χ0n) is 11.9. The molecule has 2 aromatic rings. The summed E-state index contributed by atoms with van der Waals surface area (Å²) in [6.45, 7) is 1.69. The molecule has 0 spiro atoms. The Balaban J connectivity index is 2.00. The summed E-state index contributed by atoms with van der Waals surface area (Å²) < 4.78 is 7.00. The third kappa shape index (κ3) is 2.71. The van der Waals surface area contributed by atoms with Gasteiger partial charge in [-0.15, -0.1) is 5.10 Å². The number of rotatable bonds is 5. The highest BCUT2D eigenvalue weighted by Gasteiger charge is 2.29. The molecule has 1 aromatic heterocycles. The minimum absolute atomic E-state index is 0.179. The molecule has 0 saturated heterocycles. The van der Waals surface area contributed by atoms with Crippen molar-refractivity contribution in [3.63, 3.8) is 0 Å². The van der Waals surface area contributed by atoms with Gasteiger partial charge in [0.2, 0.25) is 0 Å². The summed E-state index contributed by atoms with van der Waals surface area (Å²) in [5.41, 5.74) is 0.532. The summed E-state index contributed by atoms with van der Waals surface area (Å²) in [7, 11) is 1.57. The summed E-state index contributed by atoms with van der Waals surface area (Å²) in [4.78, 5) is 12.6. The maximum atomic E-state index is 11.8. The minimum atomic E-state index is -0.663. The van der Waals surface area contributed by atoms with E-state index in [0.717, 1.165) is 17.7 Å². The van der Waals surface area contributed by atoms with Crippen molar-refractivity contribution < 1.29 is 9.84 Å². The second-order valence-corrected chi connectivity index (χ2v) is 6.07. The van der Waals surface area contributed by atoms with Crippen molar-refractivity contribution in [3.05, 3.63) is 34.2 Å².